The predicted molar refractivity (Wildman–Crippen MR) is 135 cm³/mol. The number of anilines is 1. The molecule has 1 saturated heterocycles. The van der Waals surface area contributed by atoms with Crippen molar-refractivity contribution in [1.82, 2.24) is 4.90 Å². The van der Waals surface area contributed by atoms with E-state index in [1.807, 2.05) is 30.3 Å². The van der Waals surface area contributed by atoms with E-state index < -0.39 is 0 Å². The third-order valence-corrected chi connectivity index (χ3v) is 6.51. The number of hydrogen-bond donors (Lipinski definition) is 0. The Morgan fingerprint density at radius 2 is 1.44 bits per heavy atom. The maximum Gasteiger partial charge on any atom is 0.176 e. The maximum absolute atomic E-state index is 6.25. The number of ether oxygens (including phenoxy) is 3. The highest BCUT2D eigenvalue weighted by Crippen LogP contribution is 2.36. The standard InChI is InChI=1S/C28H30N2O4/c1-31-24-12-10-22(17-27(24)33-3)30-15-13-29(14-16-30)19-21-9-11-25(32-2)28-23(21)18-26(34-28)20-7-5-4-6-8-20/h4-12,17-18H,13-16,19H2,1-3H3. The first-order valence-corrected chi connectivity index (χ1v) is 11.5. The maximum atomic E-state index is 6.25. The second kappa shape index (κ2) is 9.69. The molecule has 0 saturated carbocycles. The van der Waals surface area contributed by atoms with Crippen LogP contribution in [-0.2, 0) is 6.54 Å². The van der Waals surface area contributed by atoms with Crippen LogP contribution in [0.2, 0.25) is 0 Å². The summed E-state index contributed by atoms with van der Waals surface area (Å²) < 4.78 is 22.7. The summed E-state index contributed by atoms with van der Waals surface area (Å²) in [6.45, 7) is 4.73. The van der Waals surface area contributed by atoms with E-state index in [0.29, 0.717) is 0 Å². The summed E-state index contributed by atoms with van der Waals surface area (Å²) in [4.78, 5) is 4.89. The van der Waals surface area contributed by atoms with Crippen LogP contribution >= 0.6 is 0 Å². The summed E-state index contributed by atoms with van der Waals surface area (Å²) >= 11 is 0. The molecule has 0 radical (unpaired) electrons. The minimum Gasteiger partial charge on any atom is -0.493 e. The lowest BCUT2D eigenvalue weighted by Crippen LogP contribution is -2.46. The normalized spacial score (nSPS) is 14.4. The molecule has 1 fully saturated rings. The molecule has 0 amide bonds. The van der Waals surface area contributed by atoms with E-state index in [-0.39, 0.29) is 0 Å². The van der Waals surface area contributed by atoms with Gasteiger partial charge in [-0.05, 0) is 29.8 Å². The third-order valence-electron chi connectivity index (χ3n) is 6.51. The molecule has 4 aromatic rings. The van der Waals surface area contributed by atoms with Crippen LogP contribution < -0.4 is 19.1 Å². The van der Waals surface area contributed by atoms with Gasteiger partial charge in [0.05, 0.1) is 21.3 Å². The molecule has 0 atom stereocenters. The van der Waals surface area contributed by atoms with Gasteiger partial charge in [0.15, 0.2) is 22.8 Å². The molecule has 0 bridgehead atoms. The van der Waals surface area contributed by atoms with E-state index in [1.54, 1.807) is 21.3 Å². The van der Waals surface area contributed by atoms with Gasteiger partial charge in [-0.15, -0.1) is 0 Å². The first-order chi connectivity index (χ1) is 16.7. The highest BCUT2D eigenvalue weighted by atomic mass is 16.5. The SMILES string of the molecule is COc1ccc(N2CCN(Cc3ccc(OC)c4oc(-c5ccccc5)cc34)CC2)cc1OC. The zero-order valence-corrected chi connectivity index (χ0v) is 19.9. The fourth-order valence-electron chi connectivity index (χ4n) is 4.62. The molecule has 6 nitrogen and oxygen atoms in total. The summed E-state index contributed by atoms with van der Waals surface area (Å²) in [7, 11) is 5.02. The zero-order valence-electron chi connectivity index (χ0n) is 19.9. The Balaban J connectivity index is 1.33. The van der Waals surface area contributed by atoms with Crippen LogP contribution in [0.5, 0.6) is 17.2 Å². The Morgan fingerprint density at radius 3 is 2.15 bits per heavy atom. The Labute approximate surface area is 200 Å². The fraction of sp³-hybridized carbons (Fsp3) is 0.286. The average Bonchev–Trinajstić information content (AvgIpc) is 3.35. The van der Waals surface area contributed by atoms with E-state index in [4.69, 9.17) is 18.6 Å². The van der Waals surface area contributed by atoms with E-state index in [1.165, 1.54) is 5.56 Å². The third kappa shape index (κ3) is 4.29. The van der Waals surface area contributed by atoms with Crippen LogP contribution in [0.25, 0.3) is 22.3 Å². The van der Waals surface area contributed by atoms with E-state index in [9.17, 15) is 0 Å². The quantitative estimate of drug-likeness (QED) is 0.367. The van der Waals surface area contributed by atoms with Crippen molar-refractivity contribution in [3.05, 3.63) is 72.3 Å². The van der Waals surface area contributed by atoms with E-state index >= 15 is 0 Å². The Hall–Kier alpha value is -3.64. The van der Waals surface area contributed by atoms with Crippen molar-refractivity contribution in [1.29, 1.82) is 0 Å². The Kier molecular flexibility index (Phi) is 6.32. The van der Waals surface area contributed by atoms with Crippen molar-refractivity contribution in [3.63, 3.8) is 0 Å². The molecular formula is C28H30N2O4. The van der Waals surface area contributed by atoms with Crippen molar-refractivity contribution in [2.45, 2.75) is 6.54 Å². The molecule has 34 heavy (non-hydrogen) atoms. The monoisotopic (exact) mass is 458 g/mol. The van der Waals surface area contributed by atoms with Crippen molar-refractivity contribution < 1.29 is 18.6 Å². The fourth-order valence-corrected chi connectivity index (χ4v) is 4.62. The van der Waals surface area contributed by atoms with Gasteiger partial charge in [-0.1, -0.05) is 36.4 Å². The van der Waals surface area contributed by atoms with E-state index in [0.717, 1.165) is 78.0 Å². The predicted octanol–water partition coefficient (Wildman–Crippen LogP) is 5.45. The number of piperazine rings is 1. The van der Waals surface area contributed by atoms with Crippen LogP contribution in [0.3, 0.4) is 0 Å². The number of methoxy groups -OCH3 is 3. The molecule has 3 aromatic carbocycles. The van der Waals surface area contributed by atoms with Gasteiger partial charge < -0.3 is 23.5 Å². The second-order valence-corrected chi connectivity index (χ2v) is 8.45. The van der Waals surface area contributed by atoms with Crippen LogP contribution in [0.15, 0.2) is 71.1 Å². The molecule has 0 spiro atoms. The number of rotatable bonds is 7. The van der Waals surface area contributed by atoms with Crippen LogP contribution in [0.1, 0.15) is 5.56 Å². The van der Waals surface area contributed by atoms with Crippen molar-refractivity contribution in [2.24, 2.45) is 0 Å². The minimum absolute atomic E-state index is 0.753. The molecule has 0 N–H and O–H groups in total. The molecule has 1 aliphatic heterocycles. The number of benzene rings is 3. The summed E-state index contributed by atoms with van der Waals surface area (Å²) in [5, 5.41) is 1.11. The lowest BCUT2D eigenvalue weighted by molar-refractivity contribution is 0.250. The molecule has 6 heteroatoms. The first kappa shape index (κ1) is 22.2. The lowest BCUT2D eigenvalue weighted by atomic mass is 10.1. The minimum atomic E-state index is 0.753. The molecule has 176 valence electrons. The second-order valence-electron chi connectivity index (χ2n) is 8.45. The van der Waals surface area contributed by atoms with Gasteiger partial charge in [0.1, 0.15) is 5.76 Å². The van der Waals surface area contributed by atoms with Crippen molar-refractivity contribution in [2.75, 3.05) is 52.4 Å². The topological polar surface area (TPSA) is 47.3 Å². The van der Waals surface area contributed by atoms with Crippen molar-refractivity contribution in [3.8, 4) is 28.6 Å². The van der Waals surface area contributed by atoms with Crippen LogP contribution in [-0.4, -0.2) is 52.4 Å². The Bertz CT molecular complexity index is 1260. The molecule has 0 aliphatic carbocycles. The average molecular weight is 459 g/mol. The van der Waals surface area contributed by atoms with Gasteiger partial charge >= 0.3 is 0 Å². The molecule has 5 rings (SSSR count). The number of fused-ring (bicyclic) bond motifs is 1. The van der Waals surface area contributed by atoms with Crippen molar-refractivity contribution >= 4 is 16.7 Å². The lowest BCUT2D eigenvalue weighted by Gasteiger charge is -2.36. The van der Waals surface area contributed by atoms with Gasteiger partial charge in [-0.25, -0.2) is 0 Å². The van der Waals surface area contributed by atoms with Gasteiger partial charge in [0.2, 0.25) is 0 Å². The Morgan fingerprint density at radius 1 is 0.735 bits per heavy atom. The highest BCUT2D eigenvalue weighted by Gasteiger charge is 2.21. The smallest absolute Gasteiger partial charge is 0.176 e. The summed E-state index contributed by atoms with van der Waals surface area (Å²) in [5.74, 6) is 3.14. The van der Waals surface area contributed by atoms with Crippen LogP contribution in [0, 0.1) is 0 Å². The summed E-state index contributed by atoms with van der Waals surface area (Å²) in [5.41, 5.74) is 4.28. The molecule has 0 unspecified atom stereocenters. The number of furan rings is 1. The number of hydrogen-bond acceptors (Lipinski definition) is 6. The molecule has 2 heterocycles. The van der Waals surface area contributed by atoms with Gasteiger partial charge in [-0.3, -0.25) is 4.90 Å². The molecule has 1 aromatic heterocycles. The van der Waals surface area contributed by atoms with Gasteiger partial charge in [-0.2, -0.15) is 0 Å². The highest BCUT2D eigenvalue weighted by molar-refractivity contribution is 5.90. The largest absolute Gasteiger partial charge is 0.493 e. The number of nitrogens with zero attached hydrogens (tertiary/aromatic N) is 2. The summed E-state index contributed by atoms with van der Waals surface area (Å²) in [6, 6.07) is 22.6. The zero-order chi connectivity index (χ0) is 23.5. The first-order valence-electron chi connectivity index (χ1n) is 11.5. The van der Waals surface area contributed by atoms with E-state index in [2.05, 4.69) is 46.2 Å². The molecule has 1 aliphatic rings. The molecular weight excluding hydrogens is 428 g/mol. The van der Waals surface area contributed by atoms with Gasteiger partial charge in [0.25, 0.3) is 0 Å². The summed E-state index contributed by atoms with van der Waals surface area (Å²) in [6.07, 6.45) is 0. The van der Waals surface area contributed by atoms with Gasteiger partial charge in [0, 0.05) is 55.4 Å². The van der Waals surface area contributed by atoms with Crippen LogP contribution in [0.4, 0.5) is 5.69 Å².